The van der Waals surface area contributed by atoms with E-state index in [1.807, 2.05) is 30.3 Å². The third kappa shape index (κ3) is 5.49. The monoisotopic (exact) mass is 757 g/mol. The Hall–Kier alpha value is -4.89. The highest BCUT2D eigenvalue weighted by atomic mass is 35.5. The highest BCUT2D eigenvalue weighted by Gasteiger charge is 2.44. The van der Waals surface area contributed by atoms with Gasteiger partial charge in [0, 0.05) is 67.6 Å². The number of fused-ring (bicyclic) bond motifs is 8. The highest BCUT2D eigenvalue weighted by molar-refractivity contribution is 7.85. The Morgan fingerprint density at radius 3 is 2.09 bits per heavy atom. The molecule has 2 aliphatic heterocycles. The third-order valence-corrected chi connectivity index (χ3v) is 13.1. The molecule has 0 bridgehead atoms. The lowest BCUT2D eigenvalue weighted by atomic mass is 9.80. The summed E-state index contributed by atoms with van der Waals surface area (Å²) in [5.74, 6) is -0.315. The fourth-order valence-corrected chi connectivity index (χ4v) is 9.76. The van der Waals surface area contributed by atoms with Gasteiger partial charge in [0.15, 0.2) is 5.71 Å². The van der Waals surface area contributed by atoms with Gasteiger partial charge in [0.05, 0.1) is 17.2 Å². The molecule has 2 aromatic heterocycles. The maximum Gasteiger partial charge on any atom is 0.264 e. The first-order chi connectivity index (χ1) is 25.7. The summed E-state index contributed by atoms with van der Waals surface area (Å²) < 4.78 is 47.7. The normalized spacial score (nSPS) is 19.7. The molecule has 0 unspecified atom stereocenters. The molecule has 0 saturated heterocycles. The van der Waals surface area contributed by atoms with Gasteiger partial charge in [0.25, 0.3) is 10.1 Å². The first-order valence-corrected chi connectivity index (χ1v) is 20.4. The first kappa shape index (κ1) is 34.9. The molecule has 0 amide bonds. The summed E-state index contributed by atoms with van der Waals surface area (Å²) in [4.78, 5) is 2.17. The molecular formula is C45H42ClN2O5S+. The lowest BCUT2D eigenvalue weighted by molar-refractivity contribution is -0.401. The predicted octanol–water partition coefficient (Wildman–Crippen LogP) is 11.2. The smallest absolute Gasteiger partial charge is 0.264 e. The summed E-state index contributed by atoms with van der Waals surface area (Å²) in [5, 5.41) is 5.14. The van der Waals surface area contributed by atoms with Crippen LogP contribution in [-0.4, -0.2) is 42.6 Å². The van der Waals surface area contributed by atoms with Crippen molar-refractivity contribution < 1.29 is 26.4 Å². The molecule has 6 aromatic rings. The molecule has 274 valence electrons. The van der Waals surface area contributed by atoms with Crippen molar-refractivity contribution in [3.8, 4) is 0 Å². The van der Waals surface area contributed by atoms with Gasteiger partial charge in [0.2, 0.25) is 5.69 Å². The van der Waals surface area contributed by atoms with E-state index in [9.17, 15) is 13.0 Å². The molecule has 0 fully saturated rings. The highest BCUT2D eigenvalue weighted by Crippen LogP contribution is 2.51. The van der Waals surface area contributed by atoms with Crippen molar-refractivity contribution in [2.45, 2.75) is 57.8 Å². The second-order valence-electron chi connectivity index (χ2n) is 15.8. The molecule has 0 radical (unpaired) electrons. The maximum atomic E-state index is 11.7. The Labute approximate surface area is 319 Å². The molecule has 1 N–H and O–H groups in total. The molecule has 4 aromatic carbocycles. The van der Waals surface area contributed by atoms with Crippen molar-refractivity contribution in [1.82, 2.24) is 0 Å². The van der Waals surface area contributed by atoms with Gasteiger partial charge in [0.1, 0.15) is 29.4 Å². The maximum absolute atomic E-state index is 11.7. The molecule has 1 aliphatic carbocycles. The van der Waals surface area contributed by atoms with E-state index in [0.717, 1.165) is 95.5 Å². The van der Waals surface area contributed by atoms with Crippen LogP contribution in [0.4, 0.5) is 11.4 Å². The van der Waals surface area contributed by atoms with Crippen molar-refractivity contribution in [3.05, 3.63) is 130 Å². The zero-order valence-corrected chi connectivity index (χ0v) is 32.6. The van der Waals surface area contributed by atoms with E-state index in [0.29, 0.717) is 6.54 Å². The van der Waals surface area contributed by atoms with Crippen molar-refractivity contribution in [3.63, 3.8) is 0 Å². The van der Waals surface area contributed by atoms with E-state index in [2.05, 4.69) is 111 Å². The number of hydrogen-bond acceptors (Lipinski definition) is 5. The summed E-state index contributed by atoms with van der Waals surface area (Å²) in [6.45, 7) is 9.35. The van der Waals surface area contributed by atoms with Gasteiger partial charge in [-0.25, -0.2) is 0 Å². The second kappa shape index (κ2) is 12.3. The minimum absolute atomic E-state index is 0.225. The van der Waals surface area contributed by atoms with Crippen LogP contribution in [0.5, 0.6) is 0 Å². The summed E-state index contributed by atoms with van der Waals surface area (Å²) in [7, 11) is -1.98. The Morgan fingerprint density at radius 2 is 1.43 bits per heavy atom. The zero-order valence-electron chi connectivity index (χ0n) is 31.0. The number of allylic oxidation sites excluding steroid dienone is 8. The summed E-state index contributed by atoms with van der Waals surface area (Å²) in [6.07, 6.45) is 10.6. The van der Waals surface area contributed by atoms with E-state index >= 15 is 0 Å². The Balaban J connectivity index is 1.05. The predicted molar refractivity (Wildman–Crippen MR) is 220 cm³/mol. The van der Waals surface area contributed by atoms with Gasteiger partial charge in [-0.3, -0.25) is 4.55 Å². The molecule has 0 saturated carbocycles. The lowest BCUT2D eigenvalue weighted by Crippen LogP contribution is -2.28. The van der Waals surface area contributed by atoms with E-state index < -0.39 is 15.5 Å². The fraction of sp³-hybridized carbons (Fsp3) is 0.267. The van der Waals surface area contributed by atoms with Crippen LogP contribution >= 0.6 is 11.6 Å². The average molecular weight is 758 g/mol. The number of halogens is 1. The number of anilines is 1. The van der Waals surface area contributed by atoms with Crippen molar-refractivity contribution >= 4 is 82.7 Å². The number of nitrogens with zero attached hydrogens (tertiary/aromatic N) is 2. The van der Waals surface area contributed by atoms with E-state index in [1.54, 1.807) is 0 Å². The summed E-state index contributed by atoms with van der Waals surface area (Å²) in [5.41, 5.74) is 11.7. The van der Waals surface area contributed by atoms with Crippen LogP contribution in [0.3, 0.4) is 0 Å². The quantitative estimate of drug-likeness (QED) is 0.129. The SMILES string of the molecule is C[N+]1=C(C=CC2=C(Cl)C(=CC=C3N(CCCS(=O)(=O)O)c4cc5oc6ccccc6c5cc4C3(C)C)CC2)C(C)(C)c2cc3c(cc21)oc1ccccc13. The average Bonchev–Trinajstić information content (AvgIpc) is 3.88. The van der Waals surface area contributed by atoms with E-state index in [4.69, 9.17) is 20.4 Å². The van der Waals surface area contributed by atoms with E-state index in [1.165, 1.54) is 11.3 Å². The third-order valence-electron chi connectivity index (χ3n) is 11.8. The Bertz CT molecular complexity index is 2860. The Morgan fingerprint density at radius 1 is 0.796 bits per heavy atom. The topological polar surface area (TPSA) is 86.9 Å². The minimum Gasteiger partial charge on any atom is -0.456 e. The van der Waals surface area contributed by atoms with Crippen LogP contribution in [0, 0.1) is 0 Å². The lowest BCUT2D eigenvalue weighted by Gasteiger charge is -2.27. The van der Waals surface area contributed by atoms with Gasteiger partial charge in [-0.05, 0) is 80.2 Å². The van der Waals surface area contributed by atoms with Gasteiger partial charge in [-0.15, -0.1) is 0 Å². The number of para-hydroxylation sites is 2. The van der Waals surface area contributed by atoms with Gasteiger partial charge in [-0.1, -0.05) is 74.0 Å². The summed E-state index contributed by atoms with van der Waals surface area (Å²) in [6, 6.07) is 25.0. The van der Waals surface area contributed by atoms with Crippen LogP contribution in [0.2, 0.25) is 0 Å². The largest absolute Gasteiger partial charge is 0.456 e. The van der Waals surface area contributed by atoms with Crippen molar-refractivity contribution in [2.75, 3.05) is 24.2 Å². The van der Waals surface area contributed by atoms with E-state index in [-0.39, 0.29) is 17.6 Å². The standard InChI is InChI=1S/C45H41ClN2O5S/c1-44(2)33-23-31-29-11-6-8-13-37(29)52-39(31)25-35(33)47(5)41(44)19-17-27-15-16-28(43(27)46)18-20-42-45(3,4)34-24-32-30-12-7-9-14-38(30)53-40(32)26-36(34)48(42)21-10-22-54(49,50)51/h6-9,11-14,17-20,23-26H,10,15-16,21-22H2,1-5H3/p+1. The fourth-order valence-electron chi connectivity index (χ4n) is 8.95. The van der Waals surface area contributed by atoms with Crippen molar-refractivity contribution in [2.24, 2.45) is 0 Å². The molecule has 0 spiro atoms. The minimum atomic E-state index is -4.10. The van der Waals surface area contributed by atoms with Crippen LogP contribution in [0.15, 0.2) is 128 Å². The number of hydrogen-bond donors (Lipinski definition) is 1. The first-order valence-electron chi connectivity index (χ1n) is 18.5. The molecule has 54 heavy (non-hydrogen) atoms. The number of benzene rings is 4. The molecule has 9 heteroatoms. The van der Waals surface area contributed by atoms with Gasteiger partial charge < -0.3 is 13.7 Å². The van der Waals surface area contributed by atoms with Gasteiger partial charge in [-0.2, -0.15) is 13.0 Å². The second-order valence-corrected chi connectivity index (χ2v) is 17.8. The van der Waals surface area contributed by atoms with Crippen LogP contribution in [0.1, 0.15) is 58.1 Å². The van der Waals surface area contributed by atoms with Gasteiger partial charge >= 0.3 is 0 Å². The zero-order chi connectivity index (χ0) is 37.7. The van der Waals surface area contributed by atoms with Crippen LogP contribution < -0.4 is 4.90 Å². The molecule has 0 atom stereocenters. The molecule has 4 heterocycles. The number of rotatable bonds is 7. The van der Waals surface area contributed by atoms with Crippen LogP contribution in [-0.2, 0) is 20.9 Å². The van der Waals surface area contributed by atoms with Crippen LogP contribution in [0.25, 0.3) is 43.9 Å². The Kier molecular flexibility index (Phi) is 7.95. The van der Waals surface area contributed by atoms with Crippen molar-refractivity contribution in [1.29, 1.82) is 0 Å². The molecule has 3 aliphatic rings. The summed E-state index contributed by atoms with van der Waals surface area (Å²) >= 11 is 7.14. The molecule has 7 nitrogen and oxygen atoms in total. The molecular weight excluding hydrogens is 716 g/mol. The number of furan rings is 2. The molecule has 9 rings (SSSR count).